The topological polar surface area (TPSA) is 0 Å². The third-order valence-corrected chi connectivity index (χ3v) is 3.37. The van der Waals surface area contributed by atoms with Crippen LogP contribution in [-0.2, 0) is 0 Å². The first-order valence-corrected chi connectivity index (χ1v) is 6.95. The van der Waals surface area contributed by atoms with Crippen LogP contribution in [0.1, 0.15) is 89.5 Å². The Morgan fingerprint density at radius 3 is 2.00 bits per heavy atom. The molecule has 0 aliphatic rings. The Balaban J connectivity index is -0.000000427. The molecule has 0 radical (unpaired) electrons. The highest BCUT2D eigenvalue weighted by Gasteiger charge is 2.11. The summed E-state index contributed by atoms with van der Waals surface area (Å²) in [7, 11) is 0. The number of hydrogen-bond acceptors (Lipinski definition) is 0. The van der Waals surface area contributed by atoms with Gasteiger partial charge in [0.1, 0.15) is 0 Å². The minimum Gasteiger partial charge on any atom is -0.0847 e. The highest BCUT2D eigenvalue weighted by Crippen LogP contribution is 2.25. The van der Waals surface area contributed by atoms with E-state index >= 15 is 0 Å². The van der Waals surface area contributed by atoms with Gasteiger partial charge < -0.3 is 0 Å². The third-order valence-electron chi connectivity index (χ3n) is 3.37. The van der Waals surface area contributed by atoms with Gasteiger partial charge in [-0.05, 0) is 37.7 Å². The van der Waals surface area contributed by atoms with Crippen molar-refractivity contribution in [3.63, 3.8) is 0 Å². The summed E-state index contributed by atoms with van der Waals surface area (Å²) < 4.78 is 0. The molecule has 0 aliphatic heterocycles. The quantitative estimate of drug-likeness (QED) is 0.415. The van der Waals surface area contributed by atoms with Crippen LogP contribution in [0.5, 0.6) is 0 Å². The molecule has 0 fully saturated rings. The van der Waals surface area contributed by atoms with Crippen molar-refractivity contribution in [2.24, 2.45) is 5.41 Å². The summed E-state index contributed by atoms with van der Waals surface area (Å²) in [6.07, 6.45) is 13.9. The van der Waals surface area contributed by atoms with Crippen LogP contribution < -0.4 is 0 Å². The van der Waals surface area contributed by atoms with E-state index in [4.69, 9.17) is 0 Å². The van der Waals surface area contributed by atoms with E-state index in [1.165, 1.54) is 36.8 Å². The molecule has 0 aliphatic carbocycles. The zero-order chi connectivity index (χ0) is 13.3. The zero-order valence-electron chi connectivity index (χ0n) is 12.6. The maximum atomic E-state index is 2.34. The summed E-state index contributed by atoms with van der Waals surface area (Å²) in [5.74, 6) is 0. The van der Waals surface area contributed by atoms with Crippen molar-refractivity contribution in [1.82, 2.24) is 0 Å². The highest BCUT2D eigenvalue weighted by molar-refractivity contribution is 5.28. The predicted molar refractivity (Wildman–Crippen MR) is 100 cm³/mol. The third kappa shape index (κ3) is 13.6. The molecule has 0 N–H and O–H groups in total. The van der Waals surface area contributed by atoms with Gasteiger partial charge >= 0.3 is 0 Å². The van der Waals surface area contributed by atoms with Crippen LogP contribution >= 0.6 is 0 Å². The molecule has 0 aromatic carbocycles. The normalized spacial score (nSPS) is 12.5. The van der Waals surface area contributed by atoms with Crippen LogP contribution in [0.2, 0.25) is 0 Å². The van der Waals surface area contributed by atoms with E-state index in [1.54, 1.807) is 0 Å². The first-order chi connectivity index (χ1) is 7.95. The Morgan fingerprint density at radius 2 is 1.60 bits per heavy atom. The zero-order valence-corrected chi connectivity index (χ0v) is 12.6. The molecule has 0 nitrogen and oxygen atoms in total. The summed E-state index contributed by atoms with van der Waals surface area (Å²) in [5, 5.41) is 0. The second kappa shape index (κ2) is 14.6. The second-order valence-corrected chi connectivity index (χ2v) is 5.63. The molecule has 20 heavy (non-hydrogen) atoms. The molecule has 0 rings (SSSR count). The lowest BCUT2D eigenvalue weighted by Crippen LogP contribution is -2.07. The SMILES string of the molecule is C.C.C.C\C=C(C)/C=C(/C=C\CC(C)(C)CC)CCC. The molecular formula is C20H42. The minimum absolute atomic E-state index is 0. The Morgan fingerprint density at radius 1 is 1.05 bits per heavy atom. The summed E-state index contributed by atoms with van der Waals surface area (Å²) >= 11 is 0. The fraction of sp³-hybridized carbons (Fsp3) is 0.700. The minimum atomic E-state index is 0. The summed E-state index contributed by atoms with van der Waals surface area (Å²) in [4.78, 5) is 0. The molecule has 0 atom stereocenters. The van der Waals surface area contributed by atoms with E-state index in [0.29, 0.717) is 5.41 Å². The van der Waals surface area contributed by atoms with Gasteiger partial charge in [-0.2, -0.15) is 0 Å². The molecule has 0 unspecified atom stereocenters. The Bertz CT molecular complexity index is 287. The van der Waals surface area contributed by atoms with Crippen molar-refractivity contribution in [3.8, 4) is 0 Å². The van der Waals surface area contributed by atoms with E-state index < -0.39 is 0 Å². The van der Waals surface area contributed by atoms with Crippen LogP contribution in [0.3, 0.4) is 0 Å². The maximum absolute atomic E-state index is 2.34. The molecule has 0 aromatic rings. The molecule has 0 saturated heterocycles. The molecule has 0 heteroatoms. The highest BCUT2D eigenvalue weighted by atomic mass is 14.2. The van der Waals surface area contributed by atoms with Crippen LogP contribution in [0, 0.1) is 5.41 Å². The van der Waals surface area contributed by atoms with Crippen molar-refractivity contribution in [1.29, 1.82) is 0 Å². The fourth-order valence-electron chi connectivity index (χ4n) is 1.54. The summed E-state index contributed by atoms with van der Waals surface area (Å²) in [6.45, 7) is 13.4. The predicted octanol–water partition coefficient (Wildman–Crippen LogP) is 7.97. The van der Waals surface area contributed by atoms with Crippen LogP contribution in [0.15, 0.2) is 35.5 Å². The molecule has 0 aromatic heterocycles. The van der Waals surface area contributed by atoms with Crippen molar-refractivity contribution in [2.75, 3.05) is 0 Å². The van der Waals surface area contributed by atoms with Gasteiger partial charge in [0.25, 0.3) is 0 Å². The first-order valence-electron chi connectivity index (χ1n) is 6.95. The van der Waals surface area contributed by atoms with E-state index in [9.17, 15) is 0 Å². The fourth-order valence-corrected chi connectivity index (χ4v) is 1.54. The van der Waals surface area contributed by atoms with Gasteiger partial charge in [-0.15, -0.1) is 0 Å². The standard InChI is InChI=1S/C17H30.3CH4/c1-7-11-16(14-15(4)8-2)12-10-13-17(5,6)9-3;;;/h8,10,12,14H,7,9,11,13H2,1-6H3;3*1H4/b12-10-,15-8-,16-14+;;;. The lowest BCUT2D eigenvalue weighted by molar-refractivity contribution is 0.357. The van der Waals surface area contributed by atoms with E-state index in [-0.39, 0.29) is 22.3 Å². The Kier molecular flexibility index (Phi) is 20.1. The van der Waals surface area contributed by atoms with Crippen molar-refractivity contribution in [2.45, 2.75) is 89.5 Å². The number of hydrogen-bond donors (Lipinski definition) is 0. The number of rotatable bonds is 7. The molecule has 0 bridgehead atoms. The average molecular weight is 283 g/mol. The summed E-state index contributed by atoms with van der Waals surface area (Å²) in [5.41, 5.74) is 3.24. The largest absolute Gasteiger partial charge is 0.0847 e. The van der Waals surface area contributed by atoms with Gasteiger partial charge in [-0.3, -0.25) is 0 Å². The molecular weight excluding hydrogens is 240 g/mol. The Hall–Kier alpha value is -0.780. The molecule has 0 spiro atoms. The van der Waals surface area contributed by atoms with Gasteiger partial charge in [-0.25, -0.2) is 0 Å². The van der Waals surface area contributed by atoms with Gasteiger partial charge in [-0.1, -0.05) is 92.7 Å². The average Bonchev–Trinajstić information content (AvgIpc) is 2.29. The van der Waals surface area contributed by atoms with Crippen LogP contribution in [0.25, 0.3) is 0 Å². The van der Waals surface area contributed by atoms with Gasteiger partial charge in [0, 0.05) is 0 Å². The number of allylic oxidation sites excluding steroid dienone is 6. The van der Waals surface area contributed by atoms with Crippen LogP contribution in [-0.4, -0.2) is 0 Å². The smallest absolute Gasteiger partial charge is 0.0282 e. The van der Waals surface area contributed by atoms with E-state index in [1.807, 2.05) is 0 Å². The Labute approximate surface area is 131 Å². The van der Waals surface area contributed by atoms with Crippen LogP contribution in [0.4, 0.5) is 0 Å². The van der Waals surface area contributed by atoms with Crippen molar-refractivity contribution >= 4 is 0 Å². The van der Waals surface area contributed by atoms with Gasteiger partial charge in [0.2, 0.25) is 0 Å². The molecule has 0 amide bonds. The first kappa shape index (κ1) is 27.5. The van der Waals surface area contributed by atoms with Crippen molar-refractivity contribution < 1.29 is 0 Å². The van der Waals surface area contributed by atoms with E-state index in [2.05, 4.69) is 65.8 Å². The maximum Gasteiger partial charge on any atom is -0.0282 e. The summed E-state index contributed by atoms with van der Waals surface area (Å²) in [6, 6.07) is 0. The second-order valence-electron chi connectivity index (χ2n) is 5.63. The molecule has 122 valence electrons. The van der Waals surface area contributed by atoms with Gasteiger partial charge in [0.15, 0.2) is 0 Å². The van der Waals surface area contributed by atoms with Crippen molar-refractivity contribution in [3.05, 3.63) is 35.5 Å². The lowest BCUT2D eigenvalue weighted by atomic mass is 9.86. The molecule has 0 saturated carbocycles. The van der Waals surface area contributed by atoms with E-state index in [0.717, 1.165) is 0 Å². The molecule has 0 heterocycles. The monoisotopic (exact) mass is 282 g/mol. The lowest BCUT2D eigenvalue weighted by Gasteiger charge is -2.19. The van der Waals surface area contributed by atoms with Gasteiger partial charge in [0.05, 0.1) is 0 Å².